The molecule has 1 aliphatic rings. The van der Waals surface area contributed by atoms with Crippen LogP contribution in [0.3, 0.4) is 0 Å². The Morgan fingerprint density at radius 3 is 2.25 bits per heavy atom. The van der Waals surface area contributed by atoms with E-state index in [0.717, 1.165) is 0 Å². The molecule has 0 aromatic heterocycles. The van der Waals surface area contributed by atoms with Crippen molar-refractivity contribution in [2.24, 2.45) is 11.7 Å². The second-order valence-corrected chi connectivity index (χ2v) is 2.85. The lowest BCUT2D eigenvalue weighted by molar-refractivity contribution is -0.153. The van der Waals surface area contributed by atoms with E-state index in [1.54, 1.807) is 0 Å². The Hall–Kier alpha value is -0.420. The van der Waals surface area contributed by atoms with Crippen LogP contribution in [0.1, 0.15) is 12.8 Å². The van der Waals surface area contributed by atoms with E-state index in [4.69, 9.17) is 10.8 Å². The lowest BCUT2D eigenvalue weighted by Gasteiger charge is -2.13. The predicted octanol–water partition coefficient (Wildman–Crippen LogP) is 0.865. The molecule has 0 radical (unpaired) electrons. The molecule has 0 aromatic carbocycles. The van der Waals surface area contributed by atoms with Gasteiger partial charge in [0.1, 0.15) is 5.92 Å². The van der Waals surface area contributed by atoms with Crippen molar-refractivity contribution in [1.82, 2.24) is 0 Å². The van der Waals surface area contributed by atoms with Gasteiger partial charge in [0.25, 0.3) is 5.92 Å². The van der Waals surface area contributed by atoms with Gasteiger partial charge in [-0.15, -0.1) is 12.4 Å². The largest absolute Gasteiger partial charge is 0.481 e. The molecule has 72 valence electrons. The first-order valence-corrected chi connectivity index (χ1v) is 3.29. The molecule has 1 fully saturated rings. The second kappa shape index (κ2) is 3.53. The van der Waals surface area contributed by atoms with Crippen molar-refractivity contribution in [2.75, 3.05) is 0 Å². The van der Waals surface area contributed by atoms with Gasteiger partial charge in [0.2, 0.25) is 0 Å². The summed E-state index contributed by atoms with van der Waals surface area (Å²) in [5.74, 6) is -6.16. The molecule has 1 aliphatic carbocycles. The molecule has 0 bridgehead atoms. The quantitative estimate of drug-likeness (QED) is 0.662. The molecular weight excluding hydrogens is 192 g/mol. The third-order valence-electron chi connectivity index (χ3n) is 1.88. The van der Waals surface area contributed by atoms with Crippen LogP contribution in [-0.4, -0.2) is 23.0 Å². The van der Waals surface area contributed by atoms with Crippen LogP contribution in [0.2, 0.25) is 0 Å². The van der Waals surface area contributed by atoms with E-state index >= 15 is 0 Å². The average Bonchev–Trinajstić information content (AvgIpc) is 2.04. The van der Waals surface area contributed by atoms with Crippen molar-refractivity contribution in [3.05, 3.63) is 0 Å². The number of rotatable bonds is 1. The summed E-state index contributed by atoms with van der Waals surface area (Å²) in [5, 5.41) is 8.33. The number of hydrogen-bond donors (Lipinski definition) is 2. The molecule has 3 N–H and O–H groups in total. The Morgan fingerprint density at radius 2 is 2.08 bits per heavy atom. The molecule has 1 saturated carbocycles. The van der Waals surface area contributed by atoms with E-state index in [9.17, 15) is 13.6 Å². The smallest absolute Gasteiger partial charge is 0.312 e. The molecule has 1 rings (SSSR count). The van der Waals surface area contributed by atoms with Gasteiger partial charge in [-0.3, -0.25) is 4.79 Å². The molecule has 0 aliphatic heterocycles. The molecule has 0 saturated heterocycles. The minimum atomic E-state index is -3.12. The fourth-order valence-electron chi connectivity index (χ4n) is 1.33. The zero-order valence-electron chi connectivity index (χ0n) is 6.17. The summed E-state index contributed by atoms with van der Waals surface area (Å²) >= 11 is 0. The van der Waals surface area contributed by atoms with E-state index in [1.807, 2.05) is 0 Å². The van der Waals surface area contributed by atoms with Gasteiger partial charge in [0.15, 0.2) is 0 Å². The summed E-state index contributed by atoms with van der Waals surface area (Å²) in [6, 6.07) is -0.675. The van der Waals surface area contributed by atoms with Crippen LogP contribution in [0.25, 0.3) is 0 Å². The summed E-state index contributed by atoms with van der Waals surface area (Å²) in [7, 11) is 0. The second-order valence-electron chi connectivity index (χ2n) is 2.85. The molecular formula is C6H10ClF2NO2. The Balaban J connectivity index is 0.00000121. The van der Waals surface area contributed by atoms with Gasteiger partial charge in [-0.05, 0) is 6.42 Å². The van der Waals surface area contributed by atoms with E-state index in [1.165, 1.54) is 0 Å². The summed E-state index contributed by atoms with van der Waals surface area (Å²) < 4.78 is 25.3. The van der Waals surface area contributed by atoms with Gasteiger partial charge < -0.3 is 10.8 Å². The highest BCUT2D eigenvalue weighted by molar-refractivity contribution is 5.85. The zero-order chi connectivity index (χ0) is 8.65. The van der Waals surface area contributed by atoms with Crippen LogP contribution < -0.4 is 5.73 Å². The maximum absolute atomic E-state index is 12.6. The van der Waals surface area contributed by atoms with Gasteiger partial charge in [0, 0.05) is 12.5 Å². The normalized spacial score (nSPS) is 32.6. The lowest BCUT2D eigenvalue weighted by Crippen LogP contribution is -2.28. The Kier molecular flexibility index (Phi) is 3.41. The van der Waals surface area contributed by atoms with Crippen LogP contribution >= 0.6 is 12.4 Å². The maximum Gasteiger partial charge on any atom is 0.312 e. The van der Waals surface area contributed by atoms with Crippen LogP contribution in [0.4, 0.5) is 8.78 Å². The number of alkyl halides is 2. The first-order chi connectivity index (χ1) is 4.93. The number of aliphatic carboxylic acids is 1. The van der Waals surface area contributed by atoms with Crippen LogP contribution in [0.15, 0.2) is 0 Å². The van der Waals surface area contributed by atoms with Crippen molar-refractivity contribution in [1.29, 1.82) is 0 Å². The number of hydrogen-bond acceptors (Lipinski definition) is 2. The third-order valence-corrected chi connectivity index (χ3v) is 1.88. The Labute approximate surface area is 74.3 Å². The number of halogens is 3. The highest BCUT2D eigenvalue weighted by Crippen LogP contribution is 2.39. The molecule has 12 heavy (non-hydrogen) atoms. The number of carbonyl (C=O) groups is 1. The first kappa shape index (κ1) is 11.6. The first-order valence-electron chi connectivity index (χ1n) is 3.29. The third kappa shape index (κ3) is 2.04. The summed E-state index contributed by atoms with van der Waals surface area (Å²) in [6.07, 6.45) is -0.633. The van der Waals surface area contributed by atoms with Crippen LogP contribution in [0, 0.1) is 5.92 Å². The van der Waals surface area contributed by atoms with Crippen molar-refractivity contribution < 1.29 is 18.7 Å². The maximum atomic E-state index is 12.6. The van der Waals surface area contributed by atoms with Crippen molar-refractivity contribution in [3.8, 4) is 0 Å². The zero-order valence-corrected chi connectivity index (χ0v) is 6.98. The highest BCUT2D eigenvalue weighted by Gasteiger charge is 2.51. The topological polar surface area (TPSA) is 63.3 Å². The Bertz CT molecular complexity index is 188. The van der Waals surface area contributed by atoms with Gasteiger partial charge in [0.05, 0.1) is 0 Å². The van der Waals surface area contributed by atoms with Gasteiger partial charge in [-0.1, -0.05) is 0 Å². The lowest BCUT2D eigenvalue weighted by atomic mass is 10.1. The summed E-state index contributed by atoms with van der Waals surface area (Å²) in [4.78, 5) is 10.2. The van der Waals surface area contributed by atoms with E-state index in [-0.39, 0.29) is 18.8 Å². The summed E-state index contributed by atoms with van der Waals surface area (Å²) in [6.45, 7) is 0. The van der Waals surface area contributed by atoms with Crippen LogP contribution in [0.5, 0.6) is 0 Å². The number of nitrogens with two attached hydrogens (primary N) is 1. The number of carboxylic acid groups (broad SMARTS) is 1. The highest BCUT2D eigenvalue weighted by atomic mass is 35.5. The minimum absolute atomic E-state index is 0. The van der Waals surface area contributed by atoms with E-state index in [0.29, 0.717) is 0 Å². The molecule has 0 aromatic rings. The molecule has 0 amide bonds. The monoisotopic (exact) mass is 201 g/mol. The van der Waals surface area contributed by atoms with Gasteiger partial charge in [-0.25, -0.2) is 8.78 Å². The Morgan fingerprint density at radius 1 is 1.58 bits per heavy atom. The standard InChI is InChI=1S/C6H9F2NO2.ClH/c7-6(8)2-3(9)1-4(6)5(10)11;/h3-4H,1-2,9H2,(H,10,11);1H/t3-,4-;/m0./s1. The molecule has 3 nitrogen and oxygen atoms in total. The predicted molar refractivity (Wildman–Crippen MR) is 40.5 cm³/mol. The molecule has 0 unspecified atom stereocenters. The summed E-state index contributed by atoms with van der Waals surface area (Å²) in [5.41, 5.74) is 5.20. The van der Waals surface area contributed by atoms with E-state index in [2.05, 4.69) is 0 Å². The molecule has 6 heteroatoms. The minimum Gasteiger partial charge on any atom is -0.481 e. The van der Waals surface area contributed by atoms with E-state index < -0.39 is 30.3 Å². The molecule has 2 atom stereocenters. The average molecular weight is 202 g/mol. The fourth-order valence-corrected chi connectivity index (χ4v) is 1.33. The molecule has 0 spiro atoms. The SMILES string of the molecule is Cl.N[C@H]1C[C@@H](C(=O)O)C(F)(F)C1. The molecule has 0 heterocycles. The van der Waals surface area contributed by atoms with Gasteiger partial charge in [-0.2, -0.15) is 0 Å². The fraction of sp³-hybridized carbons (Fsp3) is 0.833. The van der Waals surface area contributed by atoms with Crippen molar-refractivity contribution in [2.45, 2.75) is 24.8 Å². The van der Waals surface area contributed by atoms with Crippen molar-refractivity contribution >= 4 is 18.4 Å². The van der Waals surface area contributed by atoms with Crippen molar-refractivity contribution in [3.63, 3.8) is 0 Å². The van der Waals surface area contributed by atoms with Gasteiger partial charge >= 0.3 is 5.97 Å². The van der Waals surface area contributed by atoms with Crippen LogP contribution in [-0.2, 0) is 4.79 Å². The number of carboxylic acids is 1.